The van der Waals surface area contributed by atoms with E-state index in [9.17, 15) is 0 Å². The molecule has 1 saturated heterocycles. The highest BCUT2D eigenvalue weighted by Crippen LogP contribution is 2.33. The quantitative estimate of drug-likeness (QED) is 0.738. The first kappa shape index (κ1) is 11.4. The number of hydrogen-bond donors (Lipinski definition) is 1. The van der Waals surface area contributed by atoms with Crippen molar-refractivity contribution in [2.24, 2.45) is 5.92 Å². The molecule has 0 aromatic carbocycles. The van der Waals surface area contributed by atoms with Crippen LogP contribution < -0.4 is 5.32 Å². The number of rotatable bonds is 3. The molecule has 0 bridgehead atoms. The van der Waals surface area contributed by atoms with Crippen molar-refractivity contribution >= 4 is 0 Å². The minimum absolute atomic E-state index is 0.670. The van der Waals surface area contributed by atoms with E-state index in [0.29, 0.717) is 6.04 Å². The monoisotopic (exact) mass is 211 g/mol. The van der Waals surface area contributed by atoms with E-state index in [1.807, 2.05) is 0 Å². The number of hydrogen-bond acceptors (Lipinski definition) is 3. The Morgan fingerprint density at radius 3 is 2.53 bits per heavy atom. The minimum Gasteiger partial charge on any atom is -0.310 e. The van der Waals surface area contributed by atoms with E-state index < -0.39 is 0 Å². The van der Waals surface area contributed by atoms with Gasteiger partial charge in [-0.05, 0) is 39.9 Å². The highest BCUT2D eigenvalue weighted by atomic mass is 15.2. The van der Waals surface area contributed by atoms with Crippen LogP contribution in [0.4, 0.5) is 0 Å². The smallest absolute Gasteiger partial charge is 0.0354 e. The molecule has 2 rings (SSSR count). The molecular weight excluding hydrogens is 186 g/mol. The molecule has 0 radical (unpaired) electrons. The van der Waals surface area contributed by atoms with Crippen molar-refractivity contribution in [3.8, 4) is 0 Å². The standard InChI is InChI=1S/C12H25N3/c1-14(2)12(10-5-4-6-10)11-9-15(3)8-7-13-11/h10-13H,4-9H2,1-3H3. The molecule has 0 spiro atoms. The third-order valence-corrected chi connectivity index (χ3v) is 4.05. The van der Waals surface area contributed by atoms with Gasteiger partial charge in [0.05, 0.1) is 0 Å². The van der Waals surface area contributed by atoms with Crippen molar-refractivity contribution < 1.29 is 0 Å². The van der Waals surface area contributed by atoms with Gasteiger partial charge in [0.2, 0.25) is 0 Å². The van der Waals surface area contributed by atoms with Crippen LogP contribution in [-0.4, -0.2) is 62.7 Å². The van der Waals surface area contributed by atoms with Crippen LogP contribution in [0.1, 0.15) is 19.3 Å². The summed E-state index contributed by atoms with van der Waals surface area (Å²) in [5.74, 6) is 0.934. The van der Waals surface area contributed by atoms with E-state index in [4.69, 9.17) is 0 Å². The summed E-state index contributed by atoms with van der Waals surface area (Å²) in [7, 11) is 6.71. The van der Waals surface area contributed by atoms with Crippen LogP contribution in [0.5, 0.6) is 0 Å². The summed E-state index contributed by atoms with van der Waals surface area (Å²) in [5.41, 5.74) is 0. The maximum atomic E-state index is 3.70. The molecule has 1 saturated carbocycles. The van der Waals surface area contributed by atoms with Gasteiger partial charge in [0.15, 0.2) is 0 Å². The summed E-state index contributed by atoms with van der Waals surface area (Å²) in [5, 5.41) is 3.70. The van der Waals surface area contributed by atoms with Gasteiger partial charge in [-0.2, -0.15) is 0 Å². The van der Waals surface area contributed by atoms with E-state index in [2.05, 4.69) is 36.3 Å². The molecule has 2 fully saturated rings. The molecule has 15 heavy (non-hydrogen) atoms. The van der Waals surface area contributed by atoms with Crippen molar-refractivity contribution in [2.45, 2.75) is 31.3 Å². The molecule has 2 unspecified atom stereocenters. The highest BCUT2D eigenvalue weighted by Gasteiger charge is 2.35. The molecule has 2 atom stereocenters. The predicted molar refractivity (Wildman–Crippen MR) is 64.1 cm³/mol. The Hall–Kier alpha value is -0.120. The summed E-state index contributed by atoms with van der Waals surface area (Å²) in [4.78, 5) is 4.89. The first-order valence-electron chi connectivity index (χ1n) is 6.27. The zero-order valence-electron chi connectivity index (χ0n) is 10.4. The summed E-state index contributed by atoms with van der Waals surface area (Å²) in [6.45, 7) is 3.55. The van der Waals surface area contributed by atoms with E-state index in [1.165, 1.54) is 32.4 Å². The molecule has 3 heteroatoms. The molecule has 88 valence electrons. The van der Waals surface area contributed by atoms with E-state index in [-0.39, 0.29) is 0 Å². The fourth-order valence-electron chi connectivity index (χ4n) is 3.05. The predicted octanol–water partition coefficient (Wildman–Crippen LogP) is 0.620. The molecule has 1 N–H and O–H groups in total. The number of nitrogens with one attached hydrogen (secondary N) is 1. The van der Waals surface area contributed by atoms with Crippen LogP contribution in [-0.2, 0) is 0 Å². The van der Waals surface area contributed by atoms with Gasteiger partial charge in [-0.3, -0.25) is 0 Å². The van der Waals surface area contributed by atoms with Crippen molar-refractivity contribution in [2.75, 3.05) is 40.8 Å². The average Bonchev–Trinajstić information content (AvgIpc) is 2.10. The van der Waals surface area contributed by atoms with Crippen molar-refractivity contribution in [3.05, 3.63) is 0 Å². The lowest BCUT2D eigenvalue weighted by molar-refractivity contribution is 0.0761. The Kier molecular flexibility index (Phi) is 3.65. The summed E-state index contributed by atoms with van der Waals surface area (Å²) in [6, 6.07) is 1.41. The van der Waals surface area contributed by atoms with Gasteiger partial charge in [-0.15, -0.1) is 0 Å². The third kappa shape index (κ3) is 2.52. The Labute approximate surface area is 93.8 Å². The molecule has 0 aromatic heterocycles. The molecule has 1 aliphatic heterocycles. The molecule has 1 heterocycles. The van der Waals surface area contributed by atoms with Gasteiger partial charge in [0.25, 0.3) is 0 Å². The van der Waals surface area contributed by atoms with Crippen molar-refractivity contribution in [1.82, 2.24) is 15.1 Å². The maximum absolute atomic E-state index is 3.70. The lowest BCUT2D eigenvalue weighted by Gasteiger charge is -2.45. The lowest BCUT2D eigenvalue weighted by Crippen LogP contribution is -2.60. The normalized spacial score (nSPS) is 31.6. The summed E-state index contributed by atoms with van der Waals surface area (Å²) in [6.07, 6.45) is 4.31. The van der Waals surface area contributed by atoms with Crippen LogP contribution in [0.25, 0.3) is 0 Å². The molecule has 2 aliphatic rings. The van der Waals surface area contributed by atoms with Crippen LogP contribution in [0.2, 0.25) is 0 Å². The van der Waals surface area contributed by atoms with E-state index in [0.717, 1.165) is 18.5 Å². The van der Waals surface area contributed by atoms with Gasteiger partial charge in [0, 0.05) is 31.7 Å². The van der Waals surface area contributed by atoms with Crippen molar-refractivity contribution in [3.63, 3.8) is 0 Å². The SMILES string of the molecule is CN1CCNC(C(C2CCC2)N(C)C)C1. The first-order valence-corrected chi connectivity index (χ1v) is 6.27. The van der Waals surface area contributed by atoms with Crippen molar-refractivity contribution in [1.29, 1.82) is 0 Å². The lowest BCUT2D eigenvalue weighted by atomic mass is 9.76. The second-order valence-corrected chi connectivity index (χ2v) is 5.47. The van der Waals surface area contributed by atoms with Gasteiger partial charge in [-0.25, -0.2) is 0 Å². The van der Waals surface area contributed by atoms with Crippen LogP contribution in [0.3, 0.4) is 0 Å². The number of nitrogens with zero attached hydrogens (tertiary/aromatic N) is 2. The Morgan fingerprint density at radius 2 is 2.07 bits per heavy atom. The second-order valence-electron chi connectivity index (χ2n) is 5.47. The van der Waals surface area contributed by atoms with Gasteiger partial charge in [0.1, 0.15) is 0 Å². The fourth-order valence-corrected chi connectivity index (χ4v) is 3.05. The number of likely N-dealkylation sites (N-methyl/N-ethyl adjacent to an activating group) is 2. The number of piperazine rings is 1. The molecule has 0 aromatic rings. The topological polar surface area (TPSA) is 18.5 Å². The first-order chi connectivity index (χ1) is 7.18. The third-order valence-electron chi connectivity index (χ3n) is 4.05. The average molecular weight is 211 g/mol. The molecule has 3 nitrogen and oxygen atoms in total. The maximum Gasteiger partial charge on any atom is 0.0354 e. The zero-order valence-corrected chi connectivity index (χ0v) is 10.4. The van der Waals surface area contributed by atoms with Crippen LogP contribution >= 0.6 is 0 Å². The van der Waals surface area contributed by atoms with Gasteiger partial charge in [-0.1, -0.05) is 6.42 Å². The Balaban J connectivity index is 1.96. The molecule has 1 aliphatic carbocycles. The minimum atomic E-state index is 0.670. The van der Waals surface area contributed by atoms with Crippen LogP contribution in [0.15, 0.2) is 0 Å². The van der Waals surface area contributed by atoms with Gasteiger partial charge >= 0.3 is 0 Å². The van der Waals surface area contributed by atoms with Gasteiger partial charge < -0.3 is 15.1 Å². The molecular formula is C12H25N3. The summed E-state index contributed by atoms with van der Waals surface area (Å²) >= 11 is 0. The fraction of sp³-hybridized carbons (Fsp3) is 1.00. The zero-order chi connectivity index (χ0) is 10.8. The summed E-state index contributed by atoms with van der Waals surface area (Å²) < 4.78 is 0. The largest absolute Gasteiger partial charge is 0.310 e. The highest BCUT2D eigenvalue weighted by molar-refractivity contribution is 4.94. The Morgan fingerprint density at radius 1 is 1.33 bits per heavy atom. The Bertz CT molecular complexity index is 201. The second kappa shape index (κ2) is 4.81. The van der Waals surface area contributed by atoms with E-state index in [1.54, 1.807) is 0 Å². The molecule has 0 amide bonds. The van der Waals surface area contributed by atoms with E-state index >= 15 is 0 Å². The van der Waals surface area contributed by atoms with Crippen LogP contribution in [0, 0.1) is 5.92 Å².